The summed E-state index contributed by atoms with van der Waals surface area (Å²) in [4.78, 5) is 0. The Kier molecular flexibility index (Phi) is 6.12. The van der Waals surface area contributed by atoms with Crippen LogP contribution in [0.1, 0.15) is 45.4 Å². The number of halogens is 3. The molecule has 0 aromatic heterocycles. The van der Waals surface area contributed by atoms with E-state index in [2.05, 4.69) is 0 Å². The zero-order chi connectivity index (χ0) is 10.3. The number of alkyl halides is 3. The summed E-state index contributed by atoms with van der Waals surface area (Å²) < 4.78 is 35.0. The molecule has 0 N–H and O–H groups in total. The van der Waals surface area contributed by atoms with E-state index in [9.17, 15) is 18.3 Å². The summed E-state index contributed by atoms with van der Waals surface area (Å²) in [6.07, 6.45) is -3.35. The van der Waals surface area contributed by atoms with E-state index in [0.29, 0.717) is 6.42 Å². The van der Waals surface area contributed by atoms with Crippen LogP contribution < -0.4 is 0 Å². The molecule has 1 nitrogen and oxygen atoms in total. The van der Waals surface area contributed by atoms with E-state index < -0.39 is 18.7 Å². The van der Waals surface area contributed by atoms with Crippen molar-refractivity contribution in [1.29, 1.82) is 0 Å². The van der Waals surface area contributed by atoms with Gasteiger partial charge >= 0.3 is 6.18 Å². The smallest absolute Gasteiger partial charge is 0.233 e. The van der Waals surface area contributed by atoms with Crippen LogP contribution in [0, 0.1) is 0 Å². The van der Waals surface area contributed by atoms with Gasteiger partial charge in [0.1, 0.15) is 0 Å². The van der Waals surface area contributed by atoms with Crippen LogP contribution >= 0.6 is 0 Å². The highest BCUT2D eigenvalue weighted by molar-refractivity contribution is 4.58. The van der Waals surface area contributed by atoms with Gasteiger partial charge < -0.3 is 0 Å². The first-order chi connectivity index (χ1) is 5.95. The highest BCUT2D eigenvalue weighted by Gasteiger charge is 2.26. The third-order valence-corrected chi connectivity index (χ3v) is 1.87. The molecule has 13 heavy (non-hydrogen) atoms. The van der Waals surface area contributed by atoms with Crippen molar-refractivity contribution in [3.8, 4) is 0 Å². The van der Waals surface area contributed by atoms with Crippen LogP contribution in [-0.4, -0.2) is 12.3 Å². The second-order valence-corrected chi connectivity index (χ2v) is 3.27. The van der Waals surface area contributed by atoms with Crippen LogP contribution in [-0.2, 0) is 5.11 Å². The van der Waals surface area contributed by atoms with E-state index in [1.807, 2.05) is 6.92 Å². The molecule has 0 aliphatic carbocycles. The van der Waals surface area contributed by atoms with Gasteiger partial charge in [0.05, 0.1) is 6.10 Å². The van der Waals surface area contributed by atoms with Gasteiger partial charge in [0.25, 0.3) is 0 Å². The van der Waals surface area contributed by atoms with Gasteiger partial charge in [-0.1, -0.05) is 19.8 Å². The lowest BCUT2D eigenvalue weighted by Crippen LogP contribution is -2.10. The number of rotatable bonds is 6. The zero-order valence-corrected chi connectivity index (χ0v) is 7.86. The Bertz CT molecular complexity index is 123. The third kappa shape index (κ3) is 9.67. The van der Waals surface area contributed by atoms with Crippen molar-refractivity contribution >= 4 is 0 Å². The summed E-state index contributed by atoms with van der Waals surface area (Å²) in [6.45, 7) is 1.96. The number of unbranched alkanes of at least 4 members (excludes halogenated alkanes) is 1. The predicted molar refractivity (Wildman–Crippen MR) is 43.9 cm³/mol. The van der Waals surface area contributed by atoms with Gasteiger partial charge in [0.15, 0.2) is 0 Å². The molecule has 0 aromatic carbocycles. The maximum atomic E-state index is 11.7. The van der Waals surface area contributed by atoms with Crippen molar-refractivity contribution in [3.05, 3.63) is 0 Å². The maximum absolute atomic E-state index is 11.7. The van der Waals surface area contributed by atoms with Crippen molar-refractivity contribution in [1.82, 2.24) is 0 Å². The summed E-state index contributed by atoms with van der Waals surface area (Å²) in [5.41, 5.74) is 0. The summed E-state index contributed by atoms with van der Waals surface area (Å²) in [6, 6.07) is 0. The van der Waals surface area contributed by atoms with Gasteiger partial charge in [0, 0.05) is 6.42 Å². The largest absolute Gasteiger partial charge is 0.389 e. The second kappa shape index (κ2) is 6.24. The Morgan fingerprint density at radius 1 is 1.15 bits per heavy atom. The molecule has 0 aliphatic rings. The third-order valence-electron chi connectivity index (χ3n) is 1.87. The molecular weight excluding hydrogens is 181 g/mol. The molecule has 0 saturated carbocycles. The molecule has 0 bridgehead atoms. The molecule has 0 aliphatic heterocycles. The van der Waals surface area contributed by atoms with Crippen LogP contribution in [0.3, 0.4) is 0 Å². The topological polar surface area (TPSA) is 19.9 Å². The van der Waals surface area contributed by atoms with E-state index in [0.717, 1.165) is 12.8 Å². The zero-order valence-electron chi connectivity index (χ0n) is 7.86. The lowest BCUT2D eigenvalue weighted by atomic mass is 10.1. The molecule has 1 atom stereocenters. The molecule has 4 heteroatoms. The molecule has 0 aromatic rings. The summed E-state index contributed by atoms with van der Waals surface area (Å²) in [7, 11) is 0. The minimum atomic E-state index is -4.11. The maximum Gasteiger partial charge on any atom is 0.389 e. The number of hydrogen-bond acceptors (Lipinski definition) is 0. The van der Waals surface area contributed by atoms with Crippen molar-refractivity contribution in [2.45, 2.75) is 57.7 Å². The summed E-state index contributed by atoms with van der Waals surface area (Å²) in [5, 5.41) is 11.0. The summed E-state index contributed by atoms with van der Waals surface area (Å²) in [5.74, 6) is 0. The van der Waals surface area contributed by atoms with E-state index in [1.165, 1.54) is 0 Å². The molecule has 0 amide bonds. The Balaban J connectivity index is 3.31. The van der Waals surface area contributed by atoms with Gasteiger partial charge in [-0.2, -0.15) is 13.2 Å². The van der Waals surface area contributed by atoms with Crippen LogP contribution in [0.2, 0.25) is 0 Å². The molecule has 0 saturated heterocycles. The van der Waals surface area contributed by atoms with Crippen molar-refractivity contribution in [2.24, 2.45) is 0 Å². The monoisotopic (exact) mass is 197 g/mol. The molecule has 1 unspecified atom stereocenters. The van der Waals surface area contributed by atoms with E-state index in [1.54, 1.807) is 0 Å². The lowest BCUT2D eigenvalue weighted by molar-refractivity contribution is -0.136. The molecular formula is C9H16F3O. The van der Waals surface area contributed by atoms with Crippen molar-refractivity contribution < 1.29 is 18.3 Å². The Morgan fingerprint density at radius 3 is 2.15 bits per heavy atom. The SMILES string of the molecule is CCCCC([O])CCCC(F)(F)F. The Labute approximate surface area is 76.9 Å². The molecule has 0 heterocycles. The minimum absolute atomic E-state index is 0.0264. The van der Waals surface area contributed by atoms with Gasteiger partial charge in [-0.15, -0.1) is 0 Å². The standard InChI is InChI=1S/C9H16F3O/c1-2-3-5-8(13)6-4-7-9(10,11)12/h8H,2-7H2,1H3. The average Bonchev–Trinajstić information content (AvgIpc) is 1.98. The molecule has 0 rings (SSSR count). The molecule has 0 fully saturated rings. The van der Waals surface area contributed by atoms with Gasteiger partial charge in [-0.05, 0) is 19.3 Å². The highest BCUT2D eigenvalue weighted by Crippen LogP contribution is 2.23. The van der Waals surface area contributed by atoms with Crippen molar-refractivity contribution in [2.75, 3.05) is 0 Å². The second-order valence-electron chi connectivity index (χ2n) is 3.27. The lowest BCUT2D eigenvalue weighted by Gasteiger charge is -2.08. The van der Waals surface area contributed by atoms with Gasteiger partial charge in [-0.25, -0.2) is 5.11 Å². The van der Waals surface area contributed by atoms with Crippen LogP contribution in [0.25, 0.3) is 0 Å². The predicted octanol–water partition coefficient (Wildman–Crippen LogP) is 3.71. The molecule has 79 valence electrons. The first-order valence-electron chi connectivity index (χ1n) is 4.68. The van der Waals surface area contributed by atoms with E-state index in [-0.39, 0.29) is 12.8 Å². The Hall–Kier alpha value is -0.250. The van der Waals surface area contributed by atoms with Crippen LogP contribution in [0.5, 0.6) is 0 Å². The fourth-order valence-corrected chi connectivity index (χ4v) is 1.11. The number of hydrogen-bond donors (Lipinski definition) is 0. The fraction of sp³-hybridized carbons (Fsp3) is 1.00. The van der Waals surface area contributed by atoms with Crippen LogP contribution in [0.15, 0.2) is 0 Å². The quantitative estimate of drug-likeness (QED) is 0.618. The van der Waals surface area contributed by atoms with Crippen molar-refractivity contribution in [3.63, 3.8) is 0 Å². The first kappa shape index (κ1) is 12.8. The van der Waals surface area contributed by atoms with E-state index >= 15 is 0 Å². The Morgan fingerprint density at radius 2 is 1.69 bits per heavy atom. The summed E-state index contributed by atoms with van der Waals surface area (Å²) >= 11 is 0. The highest BCUT2D eigenvalue weighted by atomic mass is 19.4. The molecule has 0 spiro atoms. The molecule has 1 radical (unpaired) electrons. The van der Waals surface area contributed by atoms with E-state index in [4.69, 9.17) is 0 Å². The average molecular weight is 197 g/mol. The van der Waals surface area contributed by atoms with Gasteiger partial charge in [0.2, 0.25) is 0 Å². The minimum Gasteiger partial charge on any atom is -0.233 e. The fourth-order valence-electron chi connectivity index (χ4n) is 1.11. The van der Waals surface area contributed by atoms with Crippen LogP contribution in [0.4, 0.5) is 13.2 Å². The van der Waals surface area contributed by atoms with Gasteiger partial charge in [-0.3, -0.25) is 0 Å². The normalized spacial score (nSPS) is 14.5. The first-order valence-corrected chi connectivity index (χ1v) is 4.68.